The number of carbonyl (C=O) groups is 1. The second-order valence-corrected chi connectivity index (χ2v) is 6.02. The van der Waals surface area contributed by atoms with Crippen molar-refractivity contribution in [2.45, 2.75) is 51.4 Å². The van der Waals surface area contributed by atoms with Crippen LogP contribution in [0.1, 0.15) is 51.4 Å². The third-order valence-corrected chi connectivity index (χ3v) is 4.79. The lowest BCUT2D eigenvalue weighted by Crippen LogP contribution is -2.25. The van der Waals surface area contributed by atoms with Gasteiger partial charge in [0.2, 0.25) is 0 Å². The molecule has 0 saturated heterocycles. The highest BCUT2D eigenvalue weighted by molar-refractivity contribution is 5.79. The molecule has 0 atom stereocenters. The molecule has 106 valence electrons. The van der Waals surface area contributed by atoms with Gasteiger partial charge in [-0.2, -0.15) is 0 Å². The number of halogens is 1. The Morgan fingerprint density at radius 2 is 1.58 bits per heavy atom. The zero-order valence-electron chi connectivity index (χ0n) is 11.7. The summed E-state index contributed by atoms with van der Waals surface area (Å²) in [6, 6.07) is 0. The summed E-state index contributed by atoms with van der Waals surface area (Å²) in [6.45, 7) is -0.377. The highest BCUT2D eigenvalue weighted by Gasteiger charge is 2.29. The molecular weight excluding hydrogens is 239 g/mol. The SMILES string of the molecule is O=C1CCC(C2CCC(/C=C/C=CCF)CC2)CC1. The highest BCUT2D eigenvalue weighted by atomic mass is 19.1. The number of alkyl halides is 1. The molecule has 0 aromatic carbocycles. The van der Waals surface area contributed by atoms with Crippen molar-refractivity contribution in [2.24, 2.45) is 17.8 Å². The van der Waals surface area contributed by atoms with Gasteiger partial charge in [0.25, 0.3) is 0 Å². The van der Waals surface area contributed by atoms with Crippen LogP contribution in [-0.2, 0) is 4.79 Å². The fourth-order valence-corrected chi connectivity index (χ4v) is 3.59. The second-order valence-electron chi connectivity index (χ2n) is 6.02. The van der Waals surface area contributed by atoms with Crippen molar-refractivity contribution in [3.63, 3.8) is 0 Å². The Morgan fingerprint density at radius 3 is 2.21 bits per heavy atom. The van der Waals surface area contributed by atoms with Crippen LogP contribution in [0, 0.1) is 17.8 Å². The average molecular weight is 264 g/mol. The predicted molar refractivity (Wildman–Crippen MR) is 76.7 cm³/mol. The van der Waals surface area contributed by atoms with Crippen molar-refractivity contribution in [1.29, 1.82) is 0 Å². The Balaban J connectivity index is 1.71. The molecule has 19 heavy (non-hydrogen) atoms. The van der Waals surface area contributed by atoms with Crippen LogP contribution in [-0.4, -0.2) is 12.5 Å². The van der Waals surface area contributed by atoms with E-state index in [9.17, 15) is 9.18 Å². The molecule has 2 heteroatoms. The largest absolute Gasteiger partial charge is 0.300 e. The quantitative estimate of drug-likeness (QED) is 0.676. The van der Waals surface area contributed by atoms with Gasteiger partial charge in [0.15, 0.2) is 0 Å². The molecule has 0 unspecified atom stereocenters. The summed E-state index contributed by atoms with van der Waals surface area (Å²) in [5.41, 5.74) is 0. The van der Waals surface area contributed by atoms with Gasteiger partial charge in [0, 0.05) is 12.8 Å². The highest BCUT2D eigenvalue weighted by Crippen LogP contribution is 2.39. The minimum absolute atomic E-state index is 0.377. The Labute approximate surface area is 116 Å². The summed E-state index contributed by atoms with van der Waals surface area (Å²) in [5.74, 6) is 2.78. The molecule has 1 nitrogen and oxygen atoms in total. The molecule has 0 aliphatic heterocycles. The minimum Gasteiger partial charge on any atom is -0.300 e. The molecule has 2 fully saturated rings. The van der Waals surface area contributed by atoms with E-state index in [2.05, 4.69) is 6.08 Å². The maximum absolute atomic E-state index is 11.9. The molecule has 2 saturated carbocycles. The lowest BCUT2D eigenvalue weighted by Gasteiger charge is -2.34. The van der Waals surface area contributed by atoms with Crippen LogP contribution < -0.4 is 0 Å². The van der Waals surface area contributed by atoms with Crippen LogP contribution in [0.4, 0.5) is 4.39 Å². The van der Waals surface area contributed by atoms with E-state index in [0.717, 1.165) is 37.5 Å². The zero-order valence-corrected chi connectivity index (χ0v) is 11.7. The maximum atomic E-state index is 11.9. The Bertz CT molecular complexity index is 327. The number of carbonyl (C=O) groups excluding carboxylic acids is 1. The predicted octanol–water partition coefficient (Wildman–Crippen LogP) is 4.63. The van der Waals surface area contributed by atoms with E-state index in [1.807, 2.05) is 6.08 Å². The van der Waals surface area contributed by atoms with Gasteiger partial charge in [0.05, 0.1) is 0 Å². The van der Waals surface area contributed by atoms with Gasteiger partial charge in [-0.05, 0) is 56.3 Å². The fourth-order valence-electron chi connectivity index (χ4n) is 3.59. The van der Waals surface area contributed by atoms with Crippen molar-refractivity contribution in [3.05, 3.63) is 24.3 Å². The molecule has 0 amide bonds. The average Bonchev–Trinajstić information content (AvgIpc) is 2.45. The van der Waals surface area contributed by atoms with Crippen LogP contribution in [0.15, 0.2) is 24.3 Å². The van der Waals surface area contributed by atoms with Crippen LogP contribution in [0.3, 0.4) is 0 Å². The van der Waals surface area contributed by atoms with Gasteiger partial charge in [-0.3, -0.25) is 4.79 Å². The van der Waals surface area contributed by atoms with Crippen molar-refractivity contribution in [1.82, 2.24) is 0 Å². The molecule has 2 aliphatic rings. The number of Topliss-reactive ketones (excluding diaryl/α,β-unsaturated/α-hetero) is 1. The van der Waals surface area contributed by atoms with Crippen LogP contribution in [0.25, 0.3) is 0 Å². The zero-order chi connectivity index (χ0) is 13.5. The minimum atomic E-state index is -0.377. The molecule has 0 aromatic heterocycles. The van der Waals surface area contributed by atoms with E-state index in [0.29, 0.717) is 11.7 Å². The molecule has 0 aromatic rings. The van der Waals surface area contributed by atoms with E-state index in [4.69, 9.17) is 0 Å². The first-order chi connectivity index (χ1) is 9.29. The van der Waals surface area contributed by atoms with E-state index >= 15 is 0 Å². The topological polar surface area (TPSA) is 17.1 Å². The molecular formula is C17H25FO. The van der Waals surface area contributed by atoms with Crippen LogP contribution >= 0.6 is 0 Å². The lowest BCUT2D eigenvalue weighted by atomic mass is 9.71. The number of hydrogen-bond acceptors (Lipinski definition) is 1. The monoisotopic (exact) mass is 264 g/mol. The first kappa shape index (κ1) is 14.5. The Morgan fingerprint density at radius 1 is 0.947 bits per heavy atom. The van der Waals surface area contributed by atoms with E-state index in [1.165, 1.54) is 25.7 Å². The number of rotatable bonds is 4. The van der Waals surface area contributed by atoms with Gasteiger partial charge in [0.1, 0.15) is 12.5 Å². The van der Waals surface area contributed by atoms with E-state index in [-0.39, 0.29) is 6.67 Å². The summed E-state index contributed by atoms with van der Waals surface area (Å²) >= 11 is 0. The van der Waals surface area contributed by atoms with Crippen molar-refractivity contribution in [3.8, 4) is 0 Å². The molecule has 0 radical (unpaired) electrons. The van der Waals surface area contributed by atoms with Crippen molar-refractivity contribution >= 4 is 5.78 Å². The molecule has 0 N–H and O–H groups in total. The van der Waals surface area contributed by atoms with Gasteiger partial charge >= 0.3 is 0 Å². The summed E-state index contributed by atoms with van der Waals surface area (Å²) in [7, 11) is 0. The van der Waals surface area contributed by atoms with Gasteiger partial charge in [-0.25, -0.2) is 4.39 Å². The standard InChI is InChI=1S/C17H25FO/c18-13-3-1-2-4-14-5-7-15(8-6-14)16-9-11-17(19)12-10-16/h1-4,14-16H,5-13H2/b3-1?,4-2+. The normalized spacial score (nSPS) is 30.5. The van der Waals surface area contributed by atoms with Gasteiger partial charge in [-0.1, -0.05) is 24.3 Å². The third-order valence-electron chi connectivity index (χ3n) is 4.79. The van der Waals surface area contributed by atoms with Crippen molar-refractivity contribution < 1.29 is 9.18 Å². The van der Waals surface area contributed by atoms with E-state index < -0.39 is 0 Å². The van der Waals surface area contributed by atoms with Crippen LogP contribution in [0.5, 0.6) is 0 Å². The number of allylic oxidation sites excluding steroid dienone is 4. The smallest absolute Gasteiger partial charge is 0.132 e. The van der Waals surface area contributed by atoms with E-state index in [1.54, 1.807) is 12.2 Å². The molecule has 0 spiro atoms. The molecule has 2 rings (SSSR count). The molecule has 0 heterocycles. The number of ketones is 1. The number of hydrogen-bond donors (Lipinski definition) is 0. The lowest BCUT2D eigenvalue weighted by molar-refractivity contribution is -0.121. The molecule has 2 aliphatic carbocycles. The summed E-state index contributed by atoms with van der Waals surface area (Å²) < 4.78 is 11.9. The second kappa shape index (κ2) is 7.62. The summed E-state index contributed by atoms with van der Waals surface area (Å²) in [6.07, 6.45) is 16.6. The summed E-state index contributed by atoms with van der Waals surface area (Å²) in [5, 5.41) is 0. The van der Waals surface area contributed by atoms with Gasteiger partial charge < -0.3 is 0 Å². The Hall–Kier alpha value is -0.920. The summed E-state index contributed by atoms with van der Waals surface area (Å²) in [4.78, 5) is 11.3. The fraction of sp³-hybridized carbons (Fsp3) is 0.706. The van der Waals surface area contributed by atoms with Crippen LogP contribution in [0.2, 0.25) is 0 Å². The molecule has 0 bridgehead atoms. The van der Waals surface area contributed by atoms with Crippen molar-refractivity contribution in [2.75, 3.05) is 6.67 Å². The maximum Gasteiger partial charge on any atom is 0.132 e. The van der Waals surface area contributed by atoms with Gasteiger partial charge in [-0.15, -0.1) is 0 Å². The first-order valence-electron chi connectivity index (χ1n) is 7.70. The third kappa shape index (κ3) is 4.59. The Kier molecular flexibility index (Phi) is 5.81. The first-order valence-corrected chi connectivity index (χ1v) is 7.70.